The normalized spacial score (nSPS) is 11.2. The molecule has 0 bridgehead atoms. The molecule has 0 fully saturated rings. The highest BCUT2D eigenvalue weighted by molar-refractivity contribution is 5.88. The Hall–Kier alpha value is -3.73. The van der Waals surface area contributed by atoms with Gasteiger partial charge in [0.25, 0.3) is 0 Å². The van der Waals surface area contributed by atoms with Crippen molar-refractivity contribution in [3.8, 4) is 28.2 Å². The van der Waals surface area contributed by atoms with Crippen molar-refractivity contribution in [3.63, 3.8) is 0 Å². The Labute approximate surface area is 162 Å². The molecule has 0 unspecified atom stereocenters. The van der Waals surface area contributed by atoms with Crippen LogP contribution in [0.4, 0.5) is 0 Å². The van der Waals surface area contributed by atoms with Gasteiger partial charge in [0.1, 0.15) is 11.8 Å². The maximum atomic E-state index is 5.61. The summed E-state index contributed by atoms with van der Waals surface area (Å²) in [7, 11) is 0. The molecule has 5 heteroatoms. The fourth-order valence-corrected chi connectivity index (χ4v) is 3.78. The summed E-state index contributed by atoms with van der Waals surface area (Å²) in [5, 5.41) is 8.56. The van der Waals surface area contributed by atoms with Crippen LogP contribution in [0, 0.1) is 13.8 Å². The van der Waals surface area contributed by atoms with E-state index < -0.39 is 0 Å². The molecule has 0 radical (unpaired) electrons. The SMILES string of the molecule is Cc1cc(-c2ccccc2)cc(C)c1-n1cnnc1-c1cccc2ncoc12. The molecule has 0 N–H and O–H groups in total. The minimum absolute atomic E-state index is 0.716. The van der Waals surface area contributed by atoms with Crippen LogP contribution in [0.5, 0.6) is 0 Å². The Morgan fingerprint density at radius 3 is 2.43 bits per heavy atom. The number of benzene rings is 3. The highest BCUT2D eigenvalue weighted by Gasteiger charge is 2.17. The number of hydrogen-bond donors (Lipinski definition) is 0. The maximum absolute atomic E-state index is 5.61. The molecular weight excluding hydrogens is 348 g/mol. The van der Waals surface area contributed by atoms with Crippen LogP contribution < -0.4 is 0 Å². The second-order valence-corrected chi connectivity index (χ2v) is 6.86. The zero-order chi connectivity index (χ0) is 19.1. The van der Waals surface area contributed by atoms with Crippen LogP contribution >= 0.6 is 0 Å². The summed E-state index contributed by atoms with van der Waals surface area (Å²) in [5.41, 5.74) is 8.19. The van der Waals surface area contributed by atoms with Gasteiger partial charge in [-0.1, -0.05) is 36.4 Å². The summed E-state index contributed by atoms with van der Waals surface area (Å²) in [6.07, 6.45) is 3.21. The summed E-state index contributed by atoms with van der Waals surface area (Å²) in [5.74, 6) is 0.737. The monoisotopic (exact) mass is 366 g/mol. The predicted molar refractivity (Wildman–Crippen MR) is 109 cm³/mol. The number of oxazole rings is 1. The number of nitrogens with zero attached hydrogens (tertiary/aromatic N) is 4. The number of aryl methyl sites for hydroxylation is 2. The third-order valence-corrected chi connectivity index (χ3v) is 4.98. The van der Waals surface area contributed by atoms with Crippen molar-refractivity contribution in [1.29, 1.82) is 0 Å². The van der Waals surface area contributed by atoms with Crippen LogP contribution in [0.2, 0.25) is 0 Å². The van der Waals surface area contributed by atoms with Crippen LogP contribution in [0.1, 0.15) is 11.1 Å². The van der Waals surface area contributed by atoms with Crippen molar-refractivity contribution in [2.45, 2.75) is 13.8 Å². The zero-order valence-electron chi connectivity index (χ0n) is 15.6. The number of rotatable bonds is 3. The minimum atomic E-state index is 0.716. The number of aromatic nitrogens is 4. The van der Waals surface area contributed by atoms with Crippen molar-refractivity contribution in [2.24, 2.45) is 0 Å². The van der Waals surface area contributed by atoms with Crippen LogP contribution in [-0.2, 0) is 0 Å². The average molecular weight is 366 g/mol. The summed E-state index contributed by atoms with van der Waals surface area (Å²) >= 11 is 0. The molecule has 136 valence electrons. The Morgan fingerprint density at radius 1 is 0.857 bits per heavy atom. The molecule has 0 spiro atoms. The van der Waals surface area contributed by atoms with Crippen molar-refractivity contribution >= 4 is 11.1 Å². The molecule has 0 saturated carbocycles. The number of hydrogen-bond acceptors (Lipinski definition) is 4. The van der Waals surface area contributed by atoms with Gasteiger partial charge in [-0.3, -0.25) is 4.57 Å². The van der Waals surface area contributed by atoms with E-state index in [1.54, 1.807) is 6.33 Å². The molecule has 5 nitrogen and oxygen atoms in total. The fourth-order valence-electron chi connectivity index (χ4n) is 3.78. The van der Waals surface area contributed by atoms with Gasteiger partial charge >= 0.3 is 0 Å². The molecule has 0 aliphatic carbocycles. The lowest BCUT2D eigenvalue weighted by atomic mass is 9.98. The highest BCUT2D eigenvalue weighted by Crippen LogP contribution is 2.32. The molecule has 0 amide bonds. The lowest BCUT2D eigenvalue weighted by Crippen LogP contribution is -2.02. The fraction of sp³-hybridized carbons (Fsp3) is 0.0870. The van der Waals surface area contributed by atoms with E-state index >= 15 is 0 Å². The maximum Gasteiger partial charge on any atom is 0.182 e. The third-order valence-electron chi connectivity index (χ3n) is 4.98. The Bertz CT molecular complexity index is 1260. The molecule has 5 rings (SSSR count). The van der Waals surface area contributed by atoms with Crippen LogP contribution in [0.15, 0.2) is 77.8 Å². The van der Waals surface area contributed by atoms with E-state index in [0.29, 0.717) is 5.58 Å². The molecule has 3 aromatic carbocycles. The van der Waals surface area contributed by atoms with E-state index in [9.17, 15) is 0 Å². The molecule has 0 aliphatic heterocycles. The quantitative estimate of drug-likeness (QED) is 0.431. The predicted octanol–water partition coefficient (Wildman–Crippen LogP) is 5.36. The molecule has 2 heterocycles. The van der Waals surface area contributed by atoms with Crippen LogP contribution in [0.25, 0.3) is 39.3 Å². The summed E-state index contributed by atoms with van der Waals surface area (Å²) in [6, 6.07) is 20.7. The topological polar surface area (TPSA) is 56.7 Å². The van der Waals surface area contributed by atoms with Crippen LogP contribution in [-0.4, -0.2) is 19.7 Å². The second kappa shape index (κ2) is 6.46. The van der Waals surface area contributed by atoms with Crippen molar-refractivity contribution in [2.75, 3.05) is 0 Å². The molecule has 28 heavy (non-hydrogen) atoms. The summed E-state index contributed by atoms with van der Waals surface area (Å²) in [6.45, 7) is 4.24. The van der Waals surface area contributed by atoms with Gasteiger partial charge in [-0.2, -0.15) is 0 Å². The standard InChI is InChI=1S/C23H18N4O/c1-15-11-18(17-7-4-3-5-8-17)12-16(2)21(15)27-13-25-26-23(27)19-9-6-10-20-22(19)28-14-24-20/h3-14H,1-2H3. The van der Waals surface area contributed by atoms with Gasteiger partial charge in [-0.25, -0.2) is 4.98 Å². The minimum Gasteiger partial charge on any atom is -0.443 e. The largest absolute Gasteiger partial charge is 0.443 e. The first-order chi connectivity index (χ1) is 13.7. The molecule has 5 aromatic rings. The van der Waals surface area contributed by atoms with E-state index in [-0.39, 0.29) is 0 Å². The Morgan fingerprint density at radius 2 is 1.64 bits per heavy atom. The van der Waals surface area contributed by atoms with Gasteiger partial charge in [-0.15, -0.1) is 10.2 Å². The molecule has 0 saturated heterocycles. The third kappa shape index (κ3) is 2.60. The highest BCUT2D eigenvalue weighted by atomic mass is 16.3. The Kier molecular flexibility index (Phi) is 3.79. The van der Waals surface area contributed by atoms with Crippen molar-refractivity contribution < 1.29 is 4.42 Å². The lowest BCUT2D eigenvalue weighted by molar-refractivity contribution is 0.602. The van der Waals surface area contributed by atoms with Gasteiger partial charge in [0.2, 0.25) is 0 Å². The van der Waals surface area contributed by atoms with Gasteiger partial charge in [0.15, 0.2) is 17.8 Å². The molecular formula is C23H18N4O. The second-order valence-electron chi connectivity index (χ2n) is 6.86. The smallest absolute Gasteiger partial charge is 0.182 e. The van der Waals surface area contributed by atoms with E-state index in [1.807, 2.05) is 28.8 Å². The van der Waals surface area contributed by atoms with Gasteiger partial charge in [-0.05, 0) is 60.4 Å². The summed E-state index contributed by atoms with van der Waals surface area (Å²) < 4.78 is 7.63. The zero-order valence-corrected chi connectivity index (χ0v) is 15.6. The van der Waals surface area contributed by atoms with Crippen LogP contribution in [0.3, 0.4) is 0 Å². The van der Waals surface area contributed by atoms with Crippen molar-refractivity contribution in [3.05, 3.63) is 84.5 Å². The first-order valence-corrected chi connectivity index (χ1v) is 9.12. The van der Waals surface area contributed by atoms with E-state index in [4.69, 9.17) is 4.42 Å². The number of para-hydroxylation sites is 1. The van der Waals surface area contributed by atoms with E-state index in [1.165, 1.54) is 17.5 Å². The lowest BCUT2D eigenvalue weighted by Gasteiger charge is -2.15. The molecule has 0 atom stereocenters. The summed E-state index contributed by atoms with van der Waals surface area (Å²) in [4.78, 5) is 4.25. The van der Waals surface area contributed by atoms with Gasteiger partial charge in [0.05, 0.1) is 11.3 Å². The first-order valence-electron chi connectivity index (χ1n) is 9.12. The van der Waals surface area contributed by atoms with Gasteiger partial charge in [0, 0.05) is 0 Å². The van der Waals surface area contributed by atoms with Gasteiger partial charge < -0.3 is 4.42 Å². The first kappa shape index (κ1) is 16.4. The molecule has 0 aliphatic rings. The average Bonchev–Trinajstić information content (AvgIpc) is 3.37. The Balaban J connectivity index is 1.68. The van der Waals surface area contributed by atoms with E-state index in [0.717, 1.165) is 33.7 Å². The van der Waals surface area contributed by atoms with Crippen molar-refractivity contribution in [1.82, 2.24) is 19.7 Å². The number of fused-ring (bicyclic) bond motifs is 1. The van der Waals surface area contributed by atoms with E-state index in [2.05, 4.69) is 65.4 Å². The molecule has 2 aromatic heterocycles.